The number of carboxylic acids is 1. The van der Waals surface area contributed by atoms with Crippen LogP contribution in [0.15, 0.2) is 137 Å². The summed E-state index contributed by atoms with van der Waals surface area (Å²) in [6, 6.07) is 40.1. The van der Waals surface area contributed by atoms with E-state index in [-0.39, 0.29) is 28.8 Å². The van der Waals surface area contributed by atoms with E-state index in [9.17, 15) is 15.0 Å². The summed E-state index contributed by atoms with van der Waals surface area (Å²) in [4.78, 5) is 21.4. The van der Waals surface area contributed by atoms with Crippen molar-refractivity contribution in [1.82, 2.24) is 0 Å². The molecule has 0 aliphatic heterocycles. The van der Waals surface area contributed by atoms with Crippen molar-refractivity contribution in [2.45, 2.75) is 38.3 Å². The van der Waals surface area contributed by atoms with Crippen molar-refractivity contribution in [2.24, 2.45) is 9.98 Å². The summed E-state index contributed by atoms with van der Waals surface area (Å²) in [7, 11) is 0. The summed E-state index contributed by atoms with van der Waals surface area (Å²) >= 11 is 0. The third kappa shape index (κ3) is 9.71. The zero-order chi connectivity index (χ0) is 30.6. The van der Waals surface area contributed by atoms with E-state index in [0.717, 1.165) is 28.3 Å². The molecular formula is C38H34N3NiO3. The Morgan fingerprint density at radius 3 is 2.16 bits per heavy atom. The van der Waals surface area contributed by atoms with Gasteiger partial charge in [-0.15, -0.1) is 13.1 Å². The summed E-state index contributed by atoms with van der Waals surface area (Å²) in [6.45, 7) is 1.37. The number of para-hydroxylation sites is 1. The first kappa shape index (κ1) is 33.3. The van der Waals surface area contributed by atoms with E-state index in [1.165, 1.54) is 5.56 Å². The topological polar surface area (TPSA) is 102 Å². The van der Waals surface area contributed by atoms with Crippen LogP contribution in [0.5, 0.6) is 0 Å². The van der Waals surface area contributed by atoms with Crippen molar-refractivity contribution in [3.63, 3.8) is 0 Å². The molecule has 5 aromatic carbocycles. The number of aliphatic carboxylic acids is 1. The number of nitrogens with zero attached hydrogens (tertiary/aromatic N) is 3. The van der Waals surface area contributed by atoms with E-state index in [0.29, 0.717) is 42.9 Å². The Morgan fingerprint density at radius 2 is 1.40 bits per heavy atom. The van der Waals surface area contributed by atoms with Gasteiger partial charge in [0, 0.05) is 23.5 Å². The van der Waals surface area contributed by atoms with E-state index < -0.39 is 12.0 Å². The molecule has 0 aliphatic carbocycles. The van der Waals surface area contributed by atoms with Gasteiger partial charge in [-0.05, 0) is 40.8 Å². The van der Waals surface area contributed by atoms with Gasteiger partial charge in [-0.2, -0.15) is 0 Å². The van der Waals surface area contributed by atoms with E-state index >= 15 is 0 Å². The molecule has 0 aromatic heterocycles. The molecule has 1 radical (unpaired) electrons. The number of rotatable bonds is 14. The van der Waals surface area contributed by atoms with Crippen molar-refractivity contribution in [1.29, 1.82) is 0 Å². The zero-order valence-electron chi connectivity index (χ0n) is 24.8. The molecule has 45 heavy (non-hydrogen) atoms. The van der Waals surface area contributed by atoms with Crippen LogP contribution in [0, 0.1) is 0 Å². The maximum absolute atomic E-state index is 13.0. The van der Waals surface area contributed by atoms with E-state index in [4.69, 9.17) is 4.99 Å². The van der Waals surface area contributed by atoms with Crippen LogP contribution in [0.2, 0.25) is 0 Å². The maximum atomic E-state index is 13.0. The van der Waals surface area contributed by atoms with Gasteiger partial charge in [-0.3, -0.25) is 9.98 Å². The number of unbranched alkanes of at least 4 members (excludes halogenated alkanes) is 1. The Labute approximate surface area is 274 Å². The molecule has 1 atom stereocenters. The van der Waals surface area contributed by atoms with Crippen molar-refractivity contribution in [3.05, 3.63) is 155 Å². The third-order valence-electron chi connectivity index (χ3n) is 7.35. The van der Waals surface area contributed by atoms with E-state index in [1.807, 2.05) is 109 Å². The molecule has 0 bridgehead atoms. The van der Waals surface area contributed by atoms with Gasteiger partial charge in [-0.1, -0.05) is 134 Å². The number of carboxylic acid groups (broad SMARTS) is 1. The Balaban J connectivity index is 0.00000461. The first-order chi connectivity index (χ1) is 21.6. The largest absolute Gasteiger partial charge is 3.00 e. The summed E-state index contributed by atoms with van der Waals surface area (Å²) in [5.74, 6) is -1.41. The average molecular weight is 639 g/mol. The minimum Gasteiger partial charge on any atom is -0.862 e. The number of hydrogen-bond acceptors (Lipinski definition) is 5. The Kier molecular flexibility index (Phi) is 12.6. The molecule has 7 heteroatoms. The molecule has 229 valence electrons. The minimum absolute atomic E-state index is 0. The van der Waals surface area contributed by atoms with Crippen LogP contribution in [0.3, 0.4) is 0 Å². The van der Waals surface area contributed by atoms with Crippen molar-refractivity contribution in [3.8, 4) is 0 Å². The normalized spacial score (nSPS) is 12.4. The fraction of sp³-hybridized carbons (Fsp3) is 0.184. The quantitative estimate of drug-likeness (QED) is 0.0586. The van der Waals surface area contributed by atoms with Gasteiger partial charge in [0.1, 0.15) is 0 Å². The summed E-state index contributed by atoms with van der Waals surface area (Å²) in [5.41, 5.74) is 4.47. The van der Waals surface area contributed by atoms with Gasteiger partial charge in [-0.25, -0.2) is 0 Å². The first-order valence-corrected chi connectivity index (χ1v) is 14.9. The summed E-state index contributed by atoms with van der Waals surface area (Å²) in [5, 5.41) is 31.5. The predicted octanol–water partition coefficient (Wildman–Crippen LogP) is 6.69. The molecule has 6 nitrogen and oxygen atoms in total. The Hall–Kier alpha value is -4.58. The monoisotopic (exact) mass is 638 g/mol. The molecule has 0 saturated heterocycles. The average Bonchev–Trinajstić information content (AvgIpc) is 3.05. The molecule has 0 fully saturated rings. The number of aliphatic imine (C=N–C) groups is 2. The van der Waals surface area contributed by atoms with Gasteiger partial charge in [0.05, 0.1) is 17.4 Å². The standard InChI is InChI=1S/C38H36N3O3.Ni/c42-36(21-11-12-24-39-27-28-13-3-1-4-14-28)40-34-20-10-9-19-33(34)38(30-16-5-2-6-17-30)41-35(26-37(43)44)32-23-22-29-15-7-8-18-31(29)25-32;/h1-10,13-20,22-23,25,35H,11-12,21,24,26-27H2,(H,40,42)(H,43,44);/q-1;+3/p-2. The Morgan fingerprint density at radius 1 is 0.733 bits per heavy atom. The van der Waals surface area contributed by atoms with Crippen LogP contribution < -0.4 is 10.2 Å². The number of carbonyl (C=O) groups excluding carboxylic acids is 1. The molecule has 0 N–H and O–H groups in total. The fourth-order valence-corrected chi connectivity index (χ4v) is 5.12. The number of fused-ring (bicyclic) bond motifs is 1. The molecule has 0 saturated carbocycles. The molecule has 1 unspecified atom stereocenters. The van der Waals surface area contributed by atoms with Crippen molar-refractivity contribution >= 4 is 34.0 Å². The van der Waals surface area contributed by atoms with Crippen LogP contribution in [0.4, 0.5) is 5.69 Å². The third-order valence-corrected chi connectivity index (χ3v) is 7.35. The van der Waals surface area contributed by atoms with Gasteiger partial charge < -0.3 is 20.3 Å². The fourth-order valence-electron chi connectivity index (χ4n) is 5.12. The van der Waals surface area contributed by atoms with E-state index in [2.05, 4.69) is 22.4 Å². The molecule has 5 rings (SSSR count). The maximum Gasteiger partial charge on any atom is 3.00 e. The number of benzene rings is 5. The molecule has 0 heterocycles. The summed E-state index contributed by atoms with van der Waals surface area (Å²) < 4.78 is 0. The van der Waals surface area contributed by atoms with Crippen LogP contribution in [-0.2, 0) is 27.8 Å². The molecule has 0 amide bonds. The van der Waals surface area contributed by atoms with Gasteiger partial charge in [0.2, 0.25) is 0 Å². The first-order valence-electron chi connectivity index (χ1n) is 14.9. The second kappa shape index (κ2) is 17.1. The summed E-state index contributed by atoms with van der Waals surface area (Å²) in [6.07, 6.45) is 1.53. The van der Waals surface area contributed by atoms with Gasteiger partial charge >= 0.3 is 16.5 Å². The van der Waals surface area contributed by atoms with Crippen LogP contribution in [0.1, 0.15) is 54.0 Å². The van der Waals surface area contributed by atoms with E-state index in [1.54, 1.807) is 6.07 Å². The van der Waals surface area contributed by atoms with Gasteiger partial charge in [0.25, 0.3) is 0 Å². The molecule has 5 aromatic rings. The zero-order valence-corrected chi connectivity index (χ0v) is 25.8. The SMILES string of the molecule is O=C([O-])CC(N=C(c1ccccc1)c1ccccc1N=C([O-])CCCC[N-]Cc1ccccc1)c1ccc2ccccc2c1.[Ni+3]. The van der Waals surface area contributed by atoms with Gasteiger partial charge in [0.15, 0.2) is 0 Å². The predicted molar refractivity (Wildman–Crippen MR) is 174 cm³/mol. The molecule has 0 aliphatic rings. The second-order valence-corrected chi connectivity index (χ2v) is 10.6. The van der Waals surface area contributed by atoms with Crippen LogP contribution in [0.25, 0.3) is 16.1 Å². The number of hydrogen-bond donors (Lipinski definition) is 0. The van der Waals surface area contributed by atoms with Crippen molar-refractivity contribution < 1.29 is 31.5 Å². The van der Waals surface area contributed by atoms with Crippen LogP contribution >= 0.6 is 0 Å². The molecular weight excluding hydrogens is 605 g/mol. The minimum atomic E-state index is -1.19. The number of carbonyl (C=O) groups is 1. The molecule has 0 spiro atoms. The Bertz CT molecular complexity index is 1740. The second-order valence-electron chi connectivity index (χ2n) is 10.6. The van der Waals surface area contributed by atoms with Crippen LogP contribution in [-0.4, -0.2) is 24.1 Å². The van der Waals surface area contributed by atoms with Crippen molar-refractivity contribution in [2.75, 3.05) is 6.54 Å². The smallest absolute Gasteiger partial charge is 0.862 e.